The van der Waals surface area contributed by atoms with Crippen LogP contribution in [-0.4, -0.2) is 30.3 Å². The van der Waals surface area contributed by atoms with Gasteiger partial charge in [0.2, 0.25) is 0 Å². The Morgan fingerprint density at radius 2 is 1.75 bits per heavy atom. The topological polar surface area (TPSA) is 24.7 Å². The second kappa shape index (κ2) is 5.50. The maximum Gasteiger partial charge on any atom is 0.0872 e. The molecule has 2 rings (SSSR count). The molecule has 1 aromatic rings. The number of hydrogen-bond donors (Lipinski definition) is 2. The third kappa shape index (κ3) is 2.91. The van der Waals surface area contributed by atoms with Crippen LogP contribution in [0, 0.1) is 26.7 Å². The molecule has 1 heterocycles. The van der Waals surface area contributed by atoms with Crippen molar-refractivity contribution in [2.75, 3.05) is 13.6 Å². The molecule has 1 saturated heterocycles. The number of hydrogen-bond acceptors (Lipinski definition) is 1. The SMILES string of the molecule is Cc1cc(C)c(C[C@]2(O)C[C@@H](C)[NH+](C)C[C@@H]2C)cc1C. The van der Waals surface area contributed by atoms with E-state index in [-0.39, 0.29) is 0 Å². The summed E-state index contributed by atoms with van der Waals surface area (Å²) in [6, 6.07) is 5.05. The van der Waals surface area contributed by atoms with E-state index in [0.29, 0.717) is 12.0 Å². The lowest BCUT2D eigenvalue weighted by atomic mass is 9.74. The Balaban J connectivity index is 2.26. The maximum atomic E-state index is 11.2. The average molecular weight is 276 g/mol. The highest BCUT2D eigenvalue weighted by atomic mass is 16.3. The summed E-state index contributed by atoms with van der Waals surface area (Å²) in [6.45, 7) is 12.0. The minimum atomic E-state index is -0.550. The molecular formula is C18H30NO+. The largest absolute Gasteiger partial charge is 0.389 e. The Kier molecular flexibility index (Phi) is 4.27. The third-order valence-corrected chi connectivity index (χ3v) is 5.50. The van der Waals surface area contributed by atoms with E-state index < -0.39 is 5.60 Å². The van der Waals surface area contributed by atoms with Crippen LogP contribution in [0.1, 0.15) is 42.5 Å². The predicted octanol–water partition coefficient (Wildman–Crippen LogP) is 1.83. The normalized spacial score (nSPS) is 34.2. The van der Waals surface area contributed by atoms with Crippen LogP contribution >= 0.6 is 0 Å². The molecule has 0 radical (unpaired) electrons. The van der Waals surface area contributed by atoms with Gasteiger partial charge in [0, 0.05) is 18.8 Å². The standard InChI is InChI=1S/C18H29NO/c1-12-7-14(3)17(8-13(12)2)10-18(20)9-16(5)19(6)11-15(18)4/h7-8,15-16,20H,9-11H2,1-6H3/p+1/t15-,16+,18+/m0/s1. The van der Waals surface area contributed by atoms with Crippen LogP contribution in [0.15, 0.2) is 12.1 Å². The molecule has 0 spiro atoms. The van der Waals surface area contributed by atoms with E-state index in [0.717, 1.165) is 19.4 Å². The number of nitrogens with one attached hydrogen (secondary N) is 1. The molecule has 20 heavy (non-hydrogen) atoms. The summed E-state index contributed by atoms with van der Waals surface area (Å²) in [7, 11) is 2.24. The fourth-order valence-corrected chi connectivity index (χ4v) is 3.57. The average Bonchev–Trinajstić information content (AvgIpc) is 2.34. The molecule has 2 heteroatoms. The van der Waals surface area contributed by atoms with Gasteiger partial charge in [0.05, 0.1) is 25.2 Å². The summed E-state index contributed by atoms with van der Waals surface area (Å²) in [5.41, 5.74) is 4.74. The molecule has 0 saturated carbocycles. The Hall–Kier alpha value is -0.860. The molecule has 1 aromatic carbocycles. The van der Waals surface area contributed by atoms with Crippen LogP contribution in [0.4, 0.5) is 0 Å². The molecule has 0 aliphatic carbocycles. The lowest BCUT2D eigenvalue weighted by Gasteiger charge is -2.43. The summed E-state index contributed by atoms with van der Waals surface area (Å²) in [5, 5.41) is 11.2. The van der Waals surface area contributed by atoms with Gasteiger partial charge in [-0.25, -0.2) is 0 Å². The molecule has 1 aliphatic heterocycles. The van der Waals surface area contributed by atoms with E-state index in [9.17, 15) is 5.11 Å². The molecular weight excluding hydrogens is 246 g/mol. The molecule has 112 valence electrons. The molecule has 1 fully saturated rings. The molecule has 1 unspecified atom stereocenters. The van der Waals surface area contributed by atoms with E-state index in [4.69, 9.17) is 0 Å². The van der Waals surface area contributed by atoms with Gasteiger partial charge in [0.1, 0.15) is 0 Å². The number of likely N-dealkylation sites (tertiary alicyclic amines) is 1. The van der Waals surface area contributed by atoms with Crippen molar-refractivity contribution in [2.45, 2.75) is 59.1 Å². The number of benzene rings is 1. The number of aryl methyl sites for hydroxylation is 3. The number of quaternary nitrogens is 1. The van der Waals surface area contributed by atoms with Crippen LogP contribution in [0.5, 0.6) is 0 Å². The zero-order valence-electron chi connectivity index (χ0n) is 13.9. The van der Waals surface area contributed by atoms with Gasteiger partial charge >= 0.3 is 0 Å². The van der Waals surface area contributed by atoms with Crippen molar-refractivity contribution < 1.29 is 10.0 Å². The Morgan fingerprint density at radius 3 is 2.40 bits per heavy atom. The minimum Gasteiger partial charge on any atom is -0.389 e. The number of piperidine rings is 1. The first-order valence-corrected chi connectivity index (χ1v) is 7.84. The van der Waals surface area contributed by atoms with Crippen LogP contribution in [0.2, 0.25) is 0 Å². The Labute approximate surface area is 123 Å². The fourth-order valence-electron chi connectivity index (χ4n) is 3.57. The Morgan fingerprint density at radius 1 is 1.15 bits per heavy atom. The van der Waals surface area contributed by atoms with Gasteiger partial charge in [-0.1, -0.05) is 19.1 Å². The van der Waals surface area contributed by atoms with Crippen LogP contribution < -0.4 is 4.90 Å². The van der Waals surface area contributed by atoms with Gasteiger partial charge in [0.15, 0.2) is 0 Å². The highest BCUT2D eigenvalue weighted by molar-refractivity contribution is 5.37. The number of aliphatic hydroxyl groups is 1. The Bertz CT molecular complexity index is 496. The van der Waals surface area contributed by atoms with E-state index in [2.05, 4.69) is 53.8 Å². The molecule has 0 bridgehead atoms. The summed E-state index contributed by atoms with van der Waals surface area (Å²) in [6.07, 6.45) is 1.69. The van der Waals surface area contributed by atoms with Crippen LogP contribution in [-0.2, 0) is 6.42 Å². The maximum absolute atomic E-state index is 11.2. The first-order valence-electron chi connectivity index (χ1n) is 7.84. The van der Waals surface area contributed by atoms with E-state index in [1.165, 1.54) is 22.3 Å². The van der Waals surface area contributed by atoms with Gasteiger partial charge in [-0.05, 0) is 49.9 Å². The molecule has 2 nitrogen and oxygen atoms in total. The van der Waals surface area contributed by atoms with Crippen LogP contribution in [0.25, 0.3) is 0 Å². The summed E-state index contributed by atoms with van der Waals surface area (Å²) < 4.78 is 0. The monoisotopic (exact) mass is 276 g/mol. The van der Waals surface area contributed by atoms with Crippen molar-refractivity contribution in [3.8, 4) is 0 Å². The van der Waals surface area contributed by atoms with Crippen molar-refractivity contribution in [1.29, 1.82) is 0 Å². The zero-order valence-corrected chi connectivity index (χ0v) is 13.9. The summed E-state index contributed by atoms with van der Waals surface area (Å²) >= 11 is 0. The second-order valence-electron chi connectivity index (χ2n) is 7.20. The smallest absolute Gasteiger partial charge is 0.0872 e. The van der Waals surface area contributed by atoms with Gasteiger partial charge in [-0.15, -0.1) is 0 Å². The van der Waals surface area contributed by atoms with Gasteiger partial charge in [-0.3, -0.25) is 0 Å². The first kappa shape index (κ1) is 15.5. The van der Waals surface area contributed by atoms with Crippen molar-refractivity contribution in [1.82, 2.24) is 0 Å². The van der Waals surface area contributed by atoms with Crippen molar-refractivity contribution >= 4 is 0 Å². The van der Waals surface area contributed by atoms with Gasteiger partial charge in [0.25, 0.3) is 0 Å². The van der Waals surface area contributed by atoms with Crippen LogP contribution in [0.3, 0.4) is 0 Å². The zero-order chi connectivity index (χ0) is 15.1. The molecule has 0 aromatic heterocycles. The van der Waals surface area contributed by atoms with E-state index >= 15 is 0 Å². The molecule has 2 N–H and O–H groups in total. The lowest BCUT2D eigenvalue weighted by molar-refractivity contribution is -0.916. The van der Waals surface area contributed by atoms with Crippen molar-refractivity contribution in [2.24, 2.45) is 5.92 Å². The van der Waals surface area contributed by atoms with E-state index in [1.54, 1.807) is 4.90 Å². The predicted molar refractivity (Wildman–Crippen MR) is 84.3 cm³/mol. The fraction of sp³-hybridized carbons (Fsp3) is 0.667. The highest BCUT2D eigenvalue weighted by Crippen LogP contribution is 2.30. The van der Waals surface area contributed by atoms with Crippen molar-refractivity contribution in [3.63, 3.8) is 0 Å². The summed E-state index contributed by atoms with van der Waals surface area (Å²) in [5.74, 6) is 0.347. The lowest BCUT2D eigenvalue weighted by Crippen LogP contribution is -3.15. The third-order valence-electron chi connectivity index (χ3n) is 5.50. The van der Waals surface area contributed by atoms with E-state index in [1.807, 2.05) is 0 Å². The molecule has 1 aliphatic rings. The molecule has 0 amide bonds. The molecule has 4 atom stereocenters. The number of rotatable bonds is 2. The summed E-state index contributed by atoms with van der Waals surface area (Å²) in [4.78, 5) is 1.54. The first-order chi connectivity index (χ1) is 9.23. The van der Waals surface area contributed by atoms with Gasteiger partial charge in [-0.2, -0.15) is 0 Å². The highest BCUT2D eigenvalue weighted by Gasteiger charge is 2.43. The quantitative estimate of drug-likeness (QED) is 0.846. The van der Waals surface area contributed by atoms with Crippen molar-refractivity contribution in [3.05, 3.63) is 34.4 Å². The van der Waals surface area contributed by atoms with Gasteiger partial charge < -0.3 is 10.0 Å². The minimum absolute atomic E-state index is 0.347. The second-order valence-corrected chi connectivity index (χ2v) is 7.20.